The zero-order valence-corrected chi connectivity index (χ0v) is 18.7. The average Bonchev–Trinajstić information content (AvgIpc) is 3.57. The normalized spacial score (nSPS) is 16.1. The van der Waals surface area contributed by atoms with Crippen molar-refractivity contribution in [3.63, 3.8) is 0 Å². The Morgan fingerprint density at radius 1 is 1.10 bits per heavy atom. The summed E-state index contributed by atoms with van der Waals surface area (Å²) in [6, 6.07) is 10.2. The Labute approximate surface area is 183 Å². The third kappa shape index (κ3) is 5.09. The van der Waals surface area contributed by atoms with Crippen molar-refractivity contribution < 1.29 is 19.4 Å². The Hall–Kier alpha value is -2.82. The monoisotopic (exact) mass is 421 g/mol. The van der Waals surface area contributed by atoms with E-state index < -0.39 is 5.97 Å². The van der Waals surface area contributed by atoms with E-state index in [0.29, 0.717) is 18.1 Å². The Kier molecular flexibility index (Phi) is 5.54. The minimum Gasteiger partial charge on any atom is -0.488 e. The summed E-state index contributed by atoms with van der Waals surface area (Å²) in [6.45, 7) is 8.05. The molecule has 5 heteroatoms. The van der Waals surface area contributed by atoms with Crippen LogP contribution >= 0.6 is 0 Å². The molecule has 0 saturated heterocycles. The van der Waals surface area contributed by atoms with Crippen LogP contribution in [0.1, 0.15) is 91.9 Å². The van der Waals surface area contributed by atoms with Crippen LogP contribution in [0.3, 0.4) is 0 Å². The van der Waals surface area contributed by atoms with Crippen LogP contribution in [0.2, 0.25) is 0 Å². The zero-order valence-electron chi connectivity index (χ0n) is 18.7. The van der Waals surface area contributed by atoms with E-state index in [1.54, 1.807) is 6.07 Å². The molecule has 0 atom stereocenters. The fourth-order valence-corrected chi connectivity index (χ4v) is 3.86. The second kappa shape index (κ2) is 8.03. The second-order valence-corrected chi connectivity index (χ2v) is 9.94. The topological polar surface area (TPSA) is 75.6 Å². The molecular weight excluding hydrogens is 390 g/mol. The number of carboxylic acid groups (broad SMARTS) is 1. The van der Waals surface area contributed by atoms with Crippen molar-refractivity contribution in [1.29, 1.82) is 0 Å². The summed E-state index contributed by atoms with van der Waals surface area (Å²) in [6.07, 6.45) is 5.08. The van der Waals surface area contributed by atoms with Crippen molar-refractivity contribution in [3.8, 4) is 5.75 Å². The van der Waals surface area contributed by atoms with E-state index in [1.807, 2.05) is 6.07 Å². The van der Waals surface area contributed by atoms with Crippen LogP contribution in [0, 0.1) is 0 Å². The number of ether oxygens (including phenoxy) is 1. The largest absolute Gasteiger partial charge is 0.488 e. The van der Waals surface area contributed by atoms with Crippen molar-refractivity contribution in [1.82, 2.24) is 0 Å². The average molecular weight is 422 g/mol. The summed E-state index contributed by atoms with van der Waals surface area (Å²) in [4.78, 5) is 23.6. The van der Waals surface area contributed by atoms with Gasteiger partial charge in [0.15, 0.2) is 0 Å². The van der Waals surface area contributed by atoms with Crippen LogP contribution in [-0.4, -0.2) is 23.1 Å². The van der Waals surface area contributed by atoms with Gasteiger partial charge in [0.2, 0.25) is 5.91 Å². The van der Waals surface area contributed by atoms with E-state index >= 15 is 0 Å². The van der Waals surface area contributed by atoms with Crippen molar-refractivity contribution >= 4 is 17.6 Å². The predicted octanol–water partition coefficient (Wildman–Crippen LogP) is 5.65. The first kappa shape index (κ1) is 21.4. The Morgan fingerprint density at radius 3 is 2.35 bits per heavy atom. The van der Waals surface area contributed by atoms with Crippen LogP contribution < -0.4 is 10.1 Å². The highest BCUT2D eigenvalue weighted by Gasteiger charge is 2.29. The molecule has 2 aliphatic carbocycles. The third-order valence-electron chi connectivity index (χ3n) is 5.90. The van der Waals surface area contributed by atoms with Gasteiger partial charge in [-0.15, -0.1) is 0 Å². The SMILES string of the molecule is CC(=O)Nc1c(C(=O)O)ccc(Cc2cc(C3CC3)cc(C(C)(C)C)c2)c1OC1CC1. The van der Waals surface area contributed by atoms with Crippen molar-refractivity contribution in [3.05, 3.63) is 58.1 Å². The molecular formula is C26H31NO4. The Balaban J connectivity index is 1.78. The van der Waals surface area contributed by atoms with E-state index in [1.165, 1.54) is 36.5 Å². The summed E-state index contributed by atoms with van der Waals surface area (Å²) in [7, 11) is 0. The molecule has 2 fully saturated rings. The third-order valence-corrected chi connectivity index (χ3v) is 5.90. The van der Waals surface area contributed by atoms with Gasteiger partial charge in [-0.2, -0.15) is 0 Å². The van der Waals surface area contributed by atoms with Crippen LogP contribution in [0.4, 0.5) is 5.69 Å². The number of hydrogen-bond acceptors (Lipinski definition) is 3. The molecule has 5 nitrogen and oxygen atoms in total. The van der Waals surface area contributed by atoms with E-state index in [-0.39, 0.29) is 28.7 Å². The maximum atomic E-state index is 11.8. The predicted molar refractivity (Wildman–Crippen MR) is 121 cm³/mol. The van der Waals surface area contributed by atoms with Gasteiger partial charge in [0.1, 0.15) is 5.75 Å². The van der Waals surface area contributed by atoms with Gasteiger partial charge in [0, 0.05) is 18.9 Å². The molecule has 0 aliphatic heterocycles. The maximum Gasteiger partial charge on any atom is 0.337 e. The first-order valence-corrected chi connectivity index (χ1v) is 11.1. The highest BCUT2D eigenvalue weighted by molar-refractivity contribution is 6.02. The molecule has 1 amide bonds. The molecule has 0 aromatic heterocycles. The lowest BCUT2D eigenvalue weighted by atomic mass is 9.83. The number of carbonyl (C=O) groups excluding carboxylic acids is 1. The second-order valence-electron chi connectivity index (χ2n) is 9.94. The van der Waals surface area contributed by atoms with Gasteiger partial charge in [0.25, 0.3) is 0 Å². The van der Waals surface area contributed by atoms with Gasteiger partial charge >= 0.3 is 5.97 Å². The highest BCUT2D eigenvalue weighted by atomic mass is 16.5. The lowest BCUT2D eigenvalue weighted by Gasteiger charge is -2.22. The summed E-state index contributed by atoms with van der Waals surface area (Å²) in [5.41, 5.74) is 5.13. The summed E-state index contributed by atoms with van der Waals surface area (Å²) in [5, 5.41) is 12.4. The van der Waals surface area contributed by atoms with E-state index in [9.17, 15) is 14.7 Å². The zero-order chi connectivity index (χ0) is 22.3. The molecule has 2 saturated carbocycles. The van der Waals surface area contributed by atoms with Gasteiger partial charge in [-0.1, -0.05) is 45.0 Å². The molecule has 2 aromatic rings. The van der Waals surface area contributed by atoms with Gasteiger partial charge in [0.05, 0.1) is 17.4 Å². The smallest absolute Gasteiger partial charge is 0.337 e. The molecule has 0 bridgehead atoms. The number of benzene rings is 2. The molecule has 2 aromatic carbocycles. The molecule has 31 heavy (non-hydrogen) atoms. The lowest BCUT2D eigenvalue weighted by Crippen LogP contribution is -2.15. The quantitative estimate of drug-likeness (QED) is 0.606. The Bertz CT molecular complexity index is 1030. The number of amides is 1. The fourth-order valence-electron chi connectivity index (χ4n) is 3.86. The highest BCUT2D eigenvalue weighted by Crippen LogP contribution is 2.43. The maximum absolute atomic E-state index is 11.8. The lowest BCUT2D eigenvalue weighted by molar-refractivity contribution is -0.114. The minimum absolute atomic E-state index is 0.0432. The van der Waals surface area contributed by atoms with Crippen molar-refractivity contribution in [2.75, 3.05) is 5.32 Å². The summed E-state index contributed by atoms with van der Waals surface area (Å²) >= 11 is 0. The van der Waals surface area contributed by atoms with Gasteiger partial charge in [-0.25, -0.2) is 4.79 Å². The van der Waals surface area contributed by atoms with Gasteiger partial charge < -0.3 is 15.2 Å². The summed E-state index contributed by atoms with van der Waals surface area (Å²) < 4.78 is 6.16. The number of anilines is 1. The van der Waals surface area contributed by atoms with E-state index in [0.717, 1.165) is 18.4 Å². The van der Waals surface area contributed by atoms with Crippen LogP contribution in [0.5, 0.6) is 5.75 Å². The van der Waals surface area contributed by atoms with Crippen LogP contribution in [-0.2, 0) is 16.6 Å². The standard InChI is InChI=1S/C26H31NO4/c1-15(28)27-23-22(25(29)30)10-7-18(24(23)31-21-8-9-21)11-16-12-19(17-5-6-17)14-20(13-16)26(2,3)4/h7,10,12-14,17,21H,5-6,8-9,11H2,1-4H3,(H,27,28)(H,29,30). The molecule has 164 valence electrons. The summed E-state index contributed by atoms with van der Waals surface area (Å²) in [5.74, 6) is -0.257. The van der Waals surface area contributed by atoms with E-state index in [2.05, 4.69) is 44.3 Å². The van der Waals surface area contributed by atoms with Crippen LogP contribution in [0.15, 0.2) is 30.3 Å². The van der Waals surface area contributed by atoms with Crippen LogP contribution in [0.25, 0.3) is 0 Å². The molecule has 4 rings (SSSR count). The molecule has 0 heterocycles. The number of hydrogen-bond donors (Lipinski definition) is 2. The van der Waals surface area contributed by atoms with Gasteiger partial charge in [-0.05, 0) is 59.8 Å². The number of nitrogens with one attached hydrogen (secondary N) is 1. The molecule has 0 radical (unpaired) electrons. The molecule has 0 unspecified atom stereocenters. The molecule has 2 N–H and O–H groups in total. The number of carbonyl (C=O) groups is 2. The first-order valence-electron chi connectivity index (χ1n) is 11.1. The number of carboxylic acids is 1. The number of aromatic carboxylic acids is 1. The van der Waals surface area contributed by atoms with Crippen molar-refractivity contribution in [2.45, 2.75) is 77.2 Å². The van der Waals surface area contributed by atoms with E-state index in [4.69, 9.17) is 4.74 Å². The van der Waals surface area contributed by atoms with Crippen molar-refractivity contribution in [2.24, 2.45) is 0 Å². The minimum atomic E-state index is -1.08. The number of rotatable bonds is 7. The molecule has 2 aliphatic rings. The molecule has 0 spiro atoms. The fraction of sp³-hybridized carbons (Fsp3) is 0.462. The first-order chi connectivity index (χ1) is 14.6. The Morgan fingerprint density at radius 2 is 1.81 bits per heavy atom. The van der Waals surface area contributed by atoms with Gasteiger partial charge in [-0.3, -0.25) is 4.79 Å².